The molecule has 0 bridgehead atoms. The molecule has 0 radical (unpaired) electrons. The van der Waals surface area contributed by atoms with E-state index >= 15 is 0 Å². The van der Waals surface area contributed by atoms with Gasteiger partial charge in [-0.15, -0.1) is 0 Å². The van der Waals surface area contributed by atoms with Gasteiger partial charge >= 0.3 is 6.10 Å². The Kier molecular flexibility index (Phi) is 3.77. The molecule has 9 nitrogen and oxygen atoms in total. The summed E-state index contributed by atoms with van der Waals surface area (Å²) in [6.07, 6.45) is -1.50. The minimum absolute atomic E-state index is 0.0211. The molecule has 0 amide bonds. The van der Waals surface area contributed by atoms with E-state index in [1.54, 1.807) is 0 Å². The lowest BCUT2D eigenvalue weighted by Crippen LogP contribution is -2.44. The number of rotatable bonds is 5. The number of hydrogen-bond acceptors (Lipinski definition) is 9. The first-order chi connectivity index (χ1) is 7.55. The van der Waals surface area contributed by atoms with Crippen LogP contribution in [0.25, 0.3) is 0 Å². The molecular formula is C7H14N6O3. The lowest BCUT2D eigenvalue weighted by molar-refractivity contribution is -0.333. The molecule has 1 aromatic rings. The number of hydrogen-bond donors (Lipinski definition) is 3. The van der Waals surface area contributed by atoms with Gasteiger partial charge in [-0.25, -0.2) is 0 Å². The van der Waals surface area contributed by atoms with E-state index in [0.29, 0.717) is 0 Å². The van der Waals surface area contributed by atoms with E-state index in [1.807, 2.05) is 0 Å². The Bertz CT molecular complexity index is 327. The number of methoxy groups -OCH3 is 3. The third-order valence-corrected chi connectivity index (χ3v) is 1.74. The highest BCUT2D eigenvalue weighted by Gasteiger charge is 2.31. The van der Waals surface area contributed by atoms with Crippen LogP contribution in [0.4, 0.5) is 17.8 Å². The first-order valence-electron chi connectivity index (χ1n) is 4.26. The van der Waals surface area contributed by atoms with Crippen LogP contribution in [0.2, 0.25) is 0 Å². The molecule has 0 aromatic carbocycles. The summed E-state index contributed by atoms with van der Waals surface area (Å²) in [7, 11) is 4.15. The van der Waals surface area contributed by atoms with Crippen molar-refractivity contribution in [3.05, 3.63) is 0 Å². The fourth-order valence-electron chi connectivity index (χ4n) is 1.01. The van der Waals surface area contributed by atoms with Gasteiger partial charge in [0.25, 0.3) is 0 Å². The van der Waals surface area contributed by atoms with Gasteiger partial charge in [0.2, 0.25) is 17.8 Å². The predicted molar refractivity (Wildman–Crippen MR) is 56.0 cm³/mol. The molecule has 1 aromatic heterocycles. The van der Waals surface area contributed by atoms with Crippen LogP contribution in [0.15, 0.2) is 0 Å². The zero-order valence-electron chi connectivity index (χ0n) is 9.22. The number of ether oxygens (including phenoxy) is 3. The fourth-order valence-corrected chi connectivity index (χ4v) is 1.01. The largest absolute Gasteiger partial charge is 0.376 e. The molecule has 0 aliphatic heterocycles. The molecule has 0 spiro atoms. The molecule has 0 saturated carbocycles. The summed E-state index contributed by atoms with van der Waals surface area (Å²) in [6, 6.07) is 0. The van der Waals surface area contributed by atoms with Gasteiger partial charge in [-0.2, -0.15) is 15.0 Å². The van der Waals surface area contributed by atoms with Gasteiger partial charge in [-0.3, -0.25) is 5.32 Å². The second-order valence-corrected chi connectivity index (χ2v) is 2.67. The van der Waals surface area contributed by atoms with E-state index in [9.17, 15) is 0 Å². The third kappa shape index (κ3) is 2.66. The first-order valence-corrected chi connectivity index (χ1v) is 4.26. The summed E-state index contributed by atoms with van der Waals surface area (Å²) in [5.41, 5.74) is 10.8. The highest BCUT2D eigenvalue weighted by molar-refractivity contribution is 5.37. The fraction of sp³-hybridized carbons (Fsp3) is 0.571. The maximum Gasteiger partial charge on any atom is 0.376 e. The van der Waals surface area contributed by atoms with Gasteiger partial charge in [0, 0.05) is 21.3 Å². The molecule has 0 saturated heterocycles. The van der Waals surface area contributed by atoms with Gasteiger partial charge in [0.05, 0.1) is 0 Å². The SMILES string of the molecule is COC(Nc1nc(N)nc(N)n1)(OC)OC. The lowest BCUT2D eigenvalue weighted by atomic mass is 10.7. The standard InChI is InChI=1S/C7H14N6O3/c1-14-7(15-2,16-3)13-6-11-4(8)10-5(9)12-6/h1-3H3,(H5,8,9,10,11,12,13). The number of nitrogens with one attached hydrogen (secondary N) is 1. The van der Waals surface area contributed by atoms with Crippen LogP contribution < -0.4 is 16.8 Å². The molecule has 90 valence electrons. The van der Waals surface area contributed by atoms with Crippen molar-refractivity contribution in [2.45, 2.75) is 6.10 Å². The number of nitrogen functional groups attached to an aromatic ring is 2. The summed E-state index contributed by atoms with van der Waals surface area (Å²) >= 11 is 0. The van der Waals surface area contributed by atoms with E-state index in [1.165, 1.54) is 21.3 Å². The minimum atomic E-state index is -1.50. The van der Waals surface area contributed by atoms with Crippen molar-refractivity contribution in [2.75, 3.05) is 38.1 Å². The molecule has 9 heteroatoms. The summed E-state index contributed by atoms with van der Waals surface area (Å²) in [4.78, 5) is 11.2. The van der Waals surface area contributed by atoms with E-state index in [2.05, 4.69) is 20.3 Å². The summed E-state index contributed by atoms with van der Waals surface area (Å²) in [5, 5.41) is 2.63. The molecule has 1 heterocycles. The topological polar surface area (TPSA) is 130 Å². The molecular weight excluding hydrogens is 216 g/mol. The summed E-state index contributed by atoms with van der Waals surface area (Å²) < 4.78 is 14.9. The van der Waals surface area contributed by atoms with Crippen LogP contribution in [-0.4, -0.2) is 42.4 Å². The van der Waals surface area contributed by atoms with Crippen molar-refractivity contribution < 1.29 is 14.2 Å². The van der Waals surface area contributed by atoms with Crippen LogP contribution >= 0.6 is 0 Å². The van der Waals surface area contributed by atoms with Crippen LogP contribution in [0.1, 0.15) is 0 Å². The Balaban J connectivity index is 2.93. The Hall–Kier alpha value is -1.71. The minimum Gasteiger partial charge on any atom is -0.368 e. The quantitative estimate of drug-likeness (QED) is 0.545. The van der Waals surface area contributed by atoms with E-state index < -0.39 is 6.10 Å². The summed E-state index contributed by atoms with van der Waals surface area (Å²) in [6.45, 7) is 0. The molecule has 0 fully saturated rings. The highest BCUT2D eigenvalue weighted by Crippen LogP contribution is 2.15. The van der Waals surface area contributed by atoms with Crippen LogP contribution in [0.5, 0.6) is 0 Å². The number of nitrogens with two attached hydrogens (primary N) is 2. The number of anilines is 3. The van der Waals surface area contributed by atoms with Crippen LogP contribution in [-0.2, 0) is 14.2 Å². The predicted octanol–water partition coefficient (Wildman–Crippen LogP) is -1.00. The van der Waals surface area contributed by atoms with Gasteiger partial charge in [-0.05, 0) is 0 Å². The second kappa shape index (κ2) is 4.88. The Labute approximate surface area is 92.1 Å². The van der Waals surface area contributed by atoms with Crippen molar-refractivity contribution in [3.8, 4) is 0 Å². The average Bonchev–Trinajstić information content (AvgIpc) is 2.25. The first kappa shape index (κ1) is 12.4. The molecule has 0 aliphatic carbocycles. The Morgan fingerprint density at radius 1 is 0.938 bits per heavy atom. The van der Waals surface area contributed by atoms with Gasteiger partial charge < -0.3 is 25.7 Å². The van der Waals surface area contributed by atoms with Gasteiger partial charge in [-0.1, -0.05) is 0 Å². The van der Waals surface area contributed by atoms with Crippen LogP contribution in [0, 0.1) is 0 Å². The van der Waals surface area contributed by atoms with E-state index in [4.69, 9.17) is 25.7 Å². The number of nitrogens with zero attached hydrogens (tertiary/aromatic N) is 3. The van der Waals surface area contributed by atoms with Crippen molar-refractivity contribution in [1.82, 2.24) is 15.0 Å². The molecule has 0 atom stereocenters. The van der Waals surface area contributed by atoms with Crippen molar-refractivity contribution in [1.29, 1.82) is 0 Å². The maximum absolute atomic E-state index is 5.40. The normalized spacial score (nSPS) is 11.4. The molecule has 5 N–H and O–H groups in total. The molecule has 16 heavy (non-hydrogen) atoms. The van der Waals surface area contributed by atoms with E-state index in [-0.39, 0.29) is 17.8 Å². The Morgan fingerprint density at radius 3 is 1.75 bits per heavy atom. The second-order valence-electron chi connectivity index (χ2n) is 2.67. The van der Waals surface area contributed by atoms with Gasteiger partial charge in [0.15, 0.2) is 0 Å². The zero-order chi connectivity index (χ0) is 12.2. The maximum atomic E-state index is 5.40. The van der Waals surface area contributed by atoms with E-state index in [0.717, 1.165) is 0 Å². The smallest absolute Gasteiger partial charge is 0.368 e. The lowest BCUT2D eigenvalue weighted by Gasteiger charge is -2.28. The van der Waals surface area contributed by atoms with Gasteiger partial charge in [0.1, 0.15) is 0 Å². The van der Waals surface area contributed by atoms with Crippen molar-refractivity contribution >= 4 is 17.8 Å². The average molecular weight is 230 g/mol. The Morgan fingerprint density at radius 2 is 1.38 bits per heavy atom. The molecule has 0 aliphatic rings. The zero-order valence-corrected chi connectivity index (χ0v) is 9.22. The third-order valence-electron chi connectivity index (χ3n) is 1.74. The van der Waals surface area contributed by atoms with Crippen molar-refractivity contribution in [2.24, 2.45) is 0 Å². The highest BCUT2D eigenvalue weighted by atomic mass is 16.9. The number of aromatic nitrogens is 3. The monoisotopic (exact) mass is 230 g/mol. The molecule has 0 unspecified atom stereocenters. The summed E-state index contributed by atoms with van der Waals surface area (Å²) in [5.74, 6) is 0.0370. The molecule has 1 rings (SSSR count). The van der Waals surface area contributed by atoms with Crippen LogP contribution in [0.3, 0.4) is 0 Å². The van der Waals surface area contributed by atoms with Crippen molar-refractivity contribution in [3.63, 3.8) is 0 Å².